The maximum atomic E-state index is 13.2. The topological polar surface area (TPSA) is 43.8 Å². The third-order valence-electron chi connectivity index (χ3n) is 3.16. The number of fused-ring (bicyclic) bond motifs is 1. The smallest absolute Gasteiger partial charge is 0.399 e. The third-order valence-corrected chi connectivity index (χ3v) is 3.88. The van der Waals surface area contributed by atoms with Gasteiger partial charge < -0.3 is 10.3 Å². The summed E-state index contributed by atoms with van der Waals surface area (Å²) in [5, 5.41) is 0. The number of benzene rings is 1. The molecule has 20 heavy (non-hydrogen) atoms. The number of halogens is 3. The average Bonchev–Trinajstić information content (AvgIpc) is 2.74. The second kappa shape index (κ2) is 5.55. The first-order chi connectivity index (χ1) is 9.38. The molecule has 1 atom stereocenters. The van der Waals surface area contributed by atoms with Crippen molar-refractivity contribution in [2.45, 2.75) is 25.6 Å². The number of nitrogens with zero attached hydrogens (tertiary/aromatic N) is 2. The Morgan fingerprint density at radius 2 is 2.10 bits per heavy atom. The number of hydrogen-bond donors (Lipinski definition) is 1. The van der Waals surface area contributed by atoms with Crippen molar-refractivity contribution >= 4 is 28.5 Å². The fraction of sp³-hybridized carbons (Fsp3) is 0.462. The van der Waals surface area contributed by atoms with Crippen molar-refractivity contribution in [2.75, 3.05) is 17.7 Å². The Morgan fingerprint density at radius 1 is 1.40 bits per heavy atom. The van der Waals surface area contributed by atoms with Crippen LogP contribution in [0, 0.1) is 0 Å². The molecule has 2 aromatic rings. The van der Waals surface area contributed by atoms with Crippen molar-refractivity contribution in [3.8, 4) is 0 Å². The van der Waals surface area contributed by atoms with Crippen LogP contribution in [0.3, 0.4) is 0 Å². The summed E-state index contributed by atoms with van der Waals surface area (Å²) in [5.74, 6) is -0.242. The molecule has 2 N–H and O–H groups in total. The Morgan fingerprint density at radius 3 is 2.65 bits per heavy atom. The van der Waals surface area contributed by atoms with Gasteiger partial charge in [-0.25, -0.2) is 4.98 Å². The Kier molecular flexibility index (Phi) is 4.17. The van der Waals surface area contributed by atoms with E-state index in [1.807, 2.05) is 13.2 Å². The highest BCUT2D eigenvalue weighted by Gasteiger charge is 2.39. The minimum Gasteiger partial charge on any atom is -0.399 e. The van der Waals surface area contributed by atoms with Gasteiger partial charge in [0, 0.05) is 17.5 Å². The Hall–Kier alpha value is -1.37. The molecule has 3 nitrogen and oxygen atoms in total. The van der Waals surface area contributed by atoms with Gasteiger partial charge in [0.25, 0.3) is 0 Å². The molecule has 0 aliphatic heterocycles. The number of hydrogen-bond acceptors (Lipinski definition) is 3. The van der Waals surface area contributed by atoms with Crippen LogP contribution in [0.4, 0.5) is 18.9 Å². The van der Waals surface area contributed by atoms with E-state index in [1.165, 1.54) is 22.4 Å². The molecule has 0 fully saturated rings. The van der Waals surface area contributed by atoms with Gasteiger partial charge in [-0.15, -0.1) is 0 Å². The maximum absolute atomic E-state index is 13.2. The van der Waals surface area contributed by atoms with Crippen molar-refractivity contribution in [3.05, 3.63) is 24.0 Å². The molecule has 0 bridgehead atoms. The number of imidazole rings is 1. The Balaban J connectivity index is 2.70. The molecule has 1 aromatic carbocycles. The summed E-state index contributed by atoms with van der Waals surface area (Å²) < 4.78 is 40.9. The molecule has 0 aliphatic carbocycles. The average molecular weight is 303 g/mol. The third kappa shape index (κ3) is 2.72. The molecule has 0 saturated heterocycles. The van der Waals surface area contributed by atoms with E-state index >= 15 is 0 Å². The van der Waals surface area contributed by atoms with Gasteiger partial charge in [0.2, 0.25) is 5.82 Å². The minimum atomic E-state index is -4.47. The van der Waals surface area contributed by atoms with E-state index in [1.54, 1.807) is 12.1 Å². The number of nitrogens with two attached hydrogens (primary N) is 1. The fourth-order valence-electron chi connectivity index (χ4n) is 2.25. The molecule has 7 heteroatoms. The SMILES string of the molecule is CCC(CSC)n1c(C(F)(F)F)nc2cc(N)ccc21. The summed E-state index contributed by atoms with van der Waals surface area (Å²) in [4.78, 5) is 3.74. The molecular weight excluding hydrogens is 287 g/mol. The summed E-state index contributed by atoms with van der Waals surface area (Å²) in [5.41, 5.74) is 6.80. The Bertz CT molecular complexity index is 607. The largest absolute Gasteiger partial charge is 0.449 e. The molecule has 0 spiro atoms. The molecule has 2 rings (SSSR count). The lowest BCUT2D eigenvalue weighted by Gasteiger charge is -2.20. The molecule has 0 saturated carbocycles. The van der Waals surface area contributed by atoms with Crippen molar-refractivity contribution in [1.82, 2.24) is 9.55 Å². The van der Waals surface area contributed by atoms with Crippen molar-refractivity contribution < 1.29 is 13.2 Å². The van der Waals surface area contributed by atoms with Gasteiger partial charge in [0.15, 0.2) is 0 Å². The molecule has 1 aromatic heterocycles. The normalized spacial score (nSPS) is 13.8. The monoisotopic (exact) mass is 303 g/mol. The van der Waals surface area contributed by atoms with Crippen LogP contribution in [-0.4, -0.2) is 21.6 Å². The van der Waals surface area contributed by atoms with Gasteiger partial charge in [0.1, 0.15) is 0 Å². The van der Waals surface area contributed by atoms with E-state index in [4.69, 9.17) is 5.73 Å². The molecule has 0 radical (unpaired) electrons. The van der Waals surface area contributed by atoms with E-state index in [9.17, 15) is 13.2 Å². The summed E-state index contributed by atoms with van der Waals surface area (Å²) >= 11 is 1.52. The summed E-state index contributed by atoms with van der Waals surface area (Å²) in [6.45, 7) is 1.88. The molecule has 1 unspecified atom stereocenters. The minimum absolute atomic E-state index is 0.241. The zero-order valence-electron chi connectivity index (χ0n) is 11.2. The zero-order valence-corrected chi connectivity index (χ0v) is 12.1. The first-order valence-corrected chi connectivity index (χ1v) is 7.61. The van der Waals surface area contributed by atoms with Crippen LogP contribution in [0.15, 0.2) is 18.2 Å². The molecular formula is C13H16F3N3S. The van der Waals surface area contributed by atoms with Crippen molar-refractivity contribution in [3.63, 3.8) is 0 Å². The second-order valence-electron chi connectivity index (χ2n) is 4.57. The van der Waals surface area contributed by atoms with Crippen LogP contribution >= 0.6 is 11.8 Å². The summed E-state index contributed by atoms with van der Waals surface area (Å²) in [6.07, 6.45) is -1.98. The van der Waals surface area contributed by atoms with Gasteiger partial charge in [0.05, 0.1) is 11.0 Å². The predicted octanol–water partition coefficient (Wildman–Crippen LogP) is 3.95. The quantitative estimate of drug-likeness (QED) is 0.870. The van der Waals surface area contributed by atoms with Gasteiger partial charge in [-0.3, -0.25) is 0 Å². The van der Waals surface area contributed by atoms with Gasteiger partial charge in [-0.2, -0.15) is 24.9 Å². The first-order valence-electron chi connectivity index (χ1n) is 6.22. The lowest BCUT2D eigenvalue weighted by molar-refractivity contribution is -0.147. The predicted molar refractivity (Wildman–Crippen MR) is 76.9 cm³/mol. The number of rotatable bonds is 4. The standard InChI is InChI=1S/C13H16F3N3S/c1-3-9(7-20-2)19-11-5-4-8(17)6-10(11)18-12(19)13(14,15)16/h4-6,9H,3,7,17H2,1-2H3. The van der Waals surface area contributed by atoms with E-state index < -0.39 is 12.0 Å². The van der Waals surface area contributed by atoms with Crippen LogP contribution < -0.4 is 5.73 Å². The zero-order chi connectivity index (χ0) is 14.9. The van der Waals surface area contributed by atoms with Crippen LogP contribution in [0.25, 0.3) is 11.0 Å². The van der Waals surface area contributed by atoms with Gasteiger partial charge in [-0.05, 0) is 30.9 Å². The first kappa shape index (κ1) is 15.0. The van der Waals surface area contributed by atoms with Gasteiger partial charge in [-0.1, -0.05) is 6.92 Å². The lowest BCUT2D eigenvalue weighted by atomic mass is 10.2. The van der Waals surface area contributed by atoms with E-state index in [2.05, 4.69) is 4.98 Å². The number of nitrogen functional groups attached to an aromatic ring is 1. The fourth-order valence-corrected chi connectivity index (χ4v) is 3.02. The number of anilines is 1. The summed E-state index contributed by atoms with van der Waals surface area (Å²) in [7, 11) is 0. The van der Waals surface area contributed by atoms with E-state index in [0.717, 1.165) is 0 Å². The van der Waals surface area contributed by atoms with E-state index in [0.29, 0.717) is 23.4 Å². The van der Waals surface area contributed by atoms with Crippen molar-refractivity contribution in [1.29, 1.82) is 0 Å². The molecule has 1 heterocycles. The highest BCUT2D eigenvalue weighted by molar-refractivity contribution is 7.98. The summed E-state index contributed by atoms with van der Waals surface area (Å²) in [6, 6.07) is 4.45. The molecule has 0 aliphatic rings. The number of alkyl halides is 3. The number of thioether (sulfide) groups is 1. The number of aromatic nitrogens is 2. The highest BCUT2D eigenvalue weighted by atomic mass is 32.2. The van der Waals surface area contributed by atoms with Crippen LogP contribution in [0.2, 0.25) is 0 Å². The molecule has 110 valence electrons. The molecule has 0 amide bonds. The highest BCUT2D eigenvalue weighted by Crippen LogP contribution is 2.35. The van der Waals surface area contributed by atoms with Crippen LogP contribution in [0.5, 0.6) is 0 Å². The van der Waals surface area contributed by atoms with Crippen LogP contribution in [0.1, 0.15) is 25.2 Å². The van der Waals surface area contributed by atoms with E-state index in [-0.39, 0.29) is 11.6 Å². The lowest BCUT2D eigenvalue weighted by Crippen LogP contribution is -2.20. The van der Waals surface area contributed by atoms with Crippen LogP contribution in [-0.2, 0) is 6.18 Å². The van der Waals surface area contributed by atoms with Gasteiger partial charge >= 0.3 is 6.18 Å². The van der Waals surface area contributed by atoms with Crippen molar-refractivity contribution in [2.24, 2.45) is 0 Å². The maximum Gasteiger partial charge on any atom is 0.449 e. The Labute approximate surface area is 119 Å². The second-order valence-corrected chi connectivity index (χ2v) is 5.48.